The van der Waals surface area contributed by atoms with E-state index in [4.69, 9.17) is 9.47 Å². The number of hydrogen-bond acceptors (Lipinski definition) is 9. The molecular formula is C38H45N5O9. The molecule has 0 unspecified atom stereocenters. The molecular weight excluding hydrogens is 670 g/mol. The predicted molar refractivity (Wildman–Crippen MR) is 192 cm³/mol. The van der Waals surface area contributed by atoms with Crippen molar-refractivity contribution in [3.05, 3.63) is 102 Å². The number of methoxy groups -OCH3 is 1. The summed E-state index contributed by atoms with van der Waals surface area (Å²) in [5.74, 6) is -2.92. The number of phenols is 1. The molecule has 0 spiro atoms. The van der Waals surface area contributed by atoms with Crippen molar-refractivity contribution >= 4 is 40.7 Å². The van der Waals surface area contributed by atoms with Crippen LogP contribution in [0.25, 0.3) is 10.9 Å². The van der Waals surface area contributed by atoms with E-state index >= 15 is 0 Å². The number of H-pyrrole nitrogens is 1. The number of hydrogen-bond donors (Lipinski definition) is 7. The van der Waals surface area contributed by atoms with Crippen molar-refractivity contribution in [2.45, 2.75) is 63.9 Å². The lowest BCUT2D eigenvalue weighted by Gasteiger charge is -2.26. The van der Waals surface area contributed by atoms with Crippen molar-refractivity contribution in [2.75, 3.05) is 13.7 Å². The monoisotopic (exact) mass is 715 g/mol. The zero-order valence-corrected chi connectivity index (χ0v) is 29.3. The largest absolute Gasteiger partial charge is 0.508 e. The fourth-order valence-electron chi connectivity index (χ4n) is 5.55. The number of benzene rings is 3. The van der Waals surface area contributed by atoms with Gasteiger partial charge in [-0.15, -0.1) is 0 Å². The van der Waals surface area contributed by atoms with E-state index in [9.17, 15) is 34.2 Å². The van der Waals surface area contributed by atoms with Gasteiger partial charge in [-0.1, -0.05) is 74.5 Å². The summed E-state index contributed by atoms with van der Waals surface area (Å²) in [6, 6.07) is 17.3. The maximum Gasteiger partial charge on any atom is 0.408 e. The maximum atomic E-state index is 14.1. The van der Waals surface area contributed by atoms with Gasteiger partial charge in [0.1, 0.15) is 36.5 Å². The van der Waals surface area contributed by atoms with Gasteiger partial charge in [0.05, 0.1) is 13.7 Å². The van der Waals surface area contributed by atoms with Crippen molar-refractivity contribution in [2.24, 2.45) is 5.92 Å². The van der Waals surface area contributed by atoms with Gasteiger partial charge in [0.15, 0.2) is 0 Å². The number of aliphatic hydroxyl groups is 1. The molecule has 3 aromatic carbocycles. The number of aromatic hydroxyl groups is 1. The van der Waals surface area contributed by atoms with Crippen LogP contribution in [0.15, 0.2) is 85.1 Å². The Morgan fingerprint density at radius 2 is 1.31 bits per heavy atom. The van der Waals surface area contributed by atoms with Crippen LogP contribution in [-0.4, -0.2) is 82.9 Å². The Morgan fingerprint density at radius 3 is 1.94 bits per heavy atom. The van der Waals surface area contributed by atoms with E-state index in [1.807, 2.05) is 44.2 Å². The molecule has 14 nitrogen and oxygen atoms in total. The number of amides is 4. The molecule has 0 bridgehead atoms. The maximum absolute atomic E-state index is 14.1. The minimum absolute atomic E-state index is 0.00984. The smallest absolute Gasteiger partial charge is 0.408 e. The van der Waals surface area contributed by atoms with Crippen molar-refractivity contribution < 1.29 is 43.7 Å². The minimum Gasteiger partial charge on any atom is -0.508 e. The molecule has 1 aromatic heterocycles. The Balaban J connectivity index is 1.57. The second-order valence-corrected chi connectivity index (χ2v) is 12.7. The fraction of sp³-hybridized carbons (Fsp3) is 0.342. The molecule has 4 rings (SSSR count). The number of para-hydroxylation sites is 1. The van der Waals surface area contributed by atoms with E-state index in [2.05, 4.69) is 26.3 Å². The summed E-state index contributed by atoms with van der Waals surface area (Å²) in [5.41, 5.74) is 2.79. The number of nitrogens with one attached hydrogen (secondary N) is 5. The topological polar surface area (TPSA) is 208 Å². The summed E-state index contributed by atoms with van der Waals surface area (Å²) < 4.78 is 10.1. The first-order valence-corrected chi connectivity index (χ1v) is 16.9. The van der Waals surface area contributed by atoms with Gasteiger partial charge in [-0.25, -0.2) is 9.59 Å². The van der Waals surface area contributed by atoms with E-state index in [1.54, 1.807) is 42.6 Å². The number of aromatic amines is 1. The van der Waals surface area contributed by atoms with Gasteiger partial charge in [-0.05, 0) is 47.2 Å². The Labute approximate surface area is 301 Å². The Morgan fingerprint density at radius 1 is 0.712 bits per heavy atom. The van der Waals surface area contributed by atoms with Crippen LogP contribution in [-0.2, 0) is 48.1 Å². The number of aromatic nitrogens is 1. The van der Waals surface area contributed by atoms with Crippen LogP contribution < -0.4 is 21.3 Å². The van der Waals surface area contributed by atoms with Crippen LogP contribution >= 0.6 is 0 Å². The van der Waals surface area contributed by atoms with Crippen LogP contribution in [0.5, 0.6) is 5.75 Å². The third-order valence-electron chi connectivity index (χ3n) is 8.25. The van der Waals surface area contributed by atoms with E-state index in [-0.39, 0.29) is 37.5 Å². The average Bonchev–Trinajstić information content (AvgIpc) is 3.55. The summed E-state index contributed by atoms with van der Waals surface area (Å²) >= 11 is 0. The van der Waals surface area contributed by atoms with E-state index in [1.165, 1.54) is 19.2 Å². The molecule has 276 valence electrons. The van der Waals surface area contributed by atoms with Crippen molar-refractivity contribution in [3.63, 3.8) is 0 Å². The SMILES string of the molecule is COC(=O)[C@H](CC(C)C)NC(=O)[C@@H](Cc1c[nH]c2ccccc12)NC(=O)[C@H](Cc1ccc(O)cc1)NC(=O)[C@H](CO)NC(=O)OCc1ccccc1. The molecule has 4 aromatic rings. The Bertz CT molecular complexity index is 1810. The zero-order chi connectivity index (χ0) is 37.6. The van der Waals surface area contributed by atoms with Gasteiger partial charge in [0, 0.05) is 29.9 Å². The summed E-state index contributed by atoms with van der Waals surface area (Å²) in [5, 5.41) is 31.0. The number of esters is 1. The molecule has 4 atom stereocenters. The molecule has 0 saturated heterocycles. The highest BCUT2D eigenvalue weighted by Gasteiger charge is 2.32. The first kappa shape index (κ1) is 38.9. The molecule has 0 saturated carbocycles. The number of rotatable bonds is 17. The van der Waals surface area contributed by atoms with Gasteiger partial charge in [0.2, 0.25) is 17.7 Å². The second-order valence-electron chi connectivity index (χ2n) is 12.7. The van der Waals surface area contributed by atoms with Crippen molar-refractivity contribution in [3.8, 4) is 5.75 Å². The molecule has 7 N–H and O–H groups in total. The van der Waals surface area contributed by atoms with Gasteiger partial charge < -0.3 is 45.9 Å². The lowest BCUT2D eigenvalue weighted by molar-refractivity contribution is -0.146. The van der Waals surface area contributed by atoms with E-state index in [0.29, 0.717) is 16.7 Å². The van der Waals surface area contributed by atoms with Gasteiger partial charge in [0.25, 0.3) is 0 Å². The highest BCUT2D eigenvalue weighted by atomic mass is 16.5. The molecule has 4 amide bonds. The lowest BCUT2D eigenvalue weighted by Crippen LogP contribution is -2.59. The summed E-state index contributed by atoms with van der Waals surface area (Å²) in [6.07, 6.45) is 0.982. The number of carbonyl (C=O) groups is 5. The number of fused-ring (bicyclic) bond motifs is 1. The lowest BCUT2D eigenvalue weighted by atomic mass is 10.00. The third kappa shape index (κ3) is 11.3. The minimum atomic E-state index is -1.49. The third-order valence-corrected chi connectivity index (χ3v) is 8.25. The quantitative estimate of drug-likeness (QED) is 0.0801. The Kier molecular flexibility index (Phi) is 14.2. The molecule has 0 aliphatic carbocycles. The molecule has 1 heterocycles. The van der Waals surface area contributed by atoms with E-state index < -0.39 is 60.6 Å². The molecule has 14 heteroatoms. The van der Waals surface area contributed by atoms with Gasteiger partial charge in [-0.2, -0.15) is 0 Å². The molecule has 0 aliphatic heterocycles. The van der Waals surface area contributed by atoms with Crippen LogP contribution in [0.1, 0.15) is 37.0 Å². The number of alkyl carbamates (subject to hydrolysis) is 1. The Hall–Kier alpha value is -5.89. The first-order chi connectivity index (χ1) is 25.0. The van der Waals surface area contributed by atoms with E-state index in [0.717, 1.165) is 10.9 Å². The van der Waals surface area contributed by atoms with Crippen LogP contribution in [0.4, 0.5) is 4.79 Å². The average molecular weight is 716 g/mol. The van der Waals surface area contributed by atoms with Crippen LogP contribution in [0.2, 0.25) is 0 Å². The van der Waals surface area contributed by atoms with Crippen LogP contribution in [0.3, 0.4) is 0 Å². The standard InChI is InChI=1S/C38H45N5O9/c1-23(2)17-32(37(49)51-3)42-35(47)31(19-26-20-39-29-12-8-7-11-28(26)29)41-34(46)30(18-24-13-15-27(45)16-14-24)40-36(48)33(21-44)43-38(50)52-22-25-9-5-4-6-10-25/h4-16,20,23,30-33,39,44-45H,17-19,21-22H2,1-3H3,(H,40,48)(H,41,46)(H,42,47)(H,43,50)/t30-,31+,32-,33-/m0/s1. The molecule has 0 radical (unpaired) electrons. The second kappa shape index (κ2) is 18.9. The van der Waals surface area contributed by atoms with Gasteiger partial charge >= 0.3 is 12.1 Å². The summed E-state index contributed by atoms with van der Waals surface area (Å²) in [4.78, 5) is 69.7. The van der Waals surface area contributed by atoms with Crippen molar-refractivity contribution in [1.82, 2.24) is 26.3 Å². The van der Waals surface area contributed by atoms with Crippen LogP contribution in [0, 0.1) is 5.92 Å². The first-order valence-electron chi connectivity index (χ1n) is 16.9. The molecule has 0 aliphatic rings. The summed E-state index contributed by atoms with van der Waals surface area (Å²) in [6.45, 7) is 2.89. The number of aliphatic hydroxyl groups excluding tert-OH is 1. The number of carbonyl (C=O) groups excluding carboxylic acids is 5. The highest BCUT2D eigenvalue weighted by Crippen LogP contribution is 2.20. The number of phenolic OH excluding ortho intramolecular Hbond substituents is 1. The molecule has 52 heavy (non-hydrogen) atoms. The van der Waals surface area contributed by atoms with Gasteiger partial charge in [-0.3, -0.25) is 14.4 Å². The summed E-state index contributed by atoms with van der Waals surface area (Å²) in [7, 11) is 1.22. The number of ether oxygens (including phenoxy) is 2. The fourth-order valence-corrected chi connectivity index (χ4v) is 5.55. The highest BCUT2D eigenvalue weighted by molar-refractivity contribution is 5.95. The zero-order valence-electron chi connectivity index (χ0n) is 29.3. The molecule has 0 fully saturated rings. The normalized spacial score (nSPS) is 13.3. The predicted octanol–water partition coefficient (Wildman–Crippen LogP) is 2.62. The van der Waals surface area contributed by atoms with Crippen molar-refractivity contribution in [1.29, 1.82) is 0 Å².